The van der Waals surface area contributed by atoms with Crippen LogP contribution in [-0.4, -0.2) is 18.9 Å². The number of hydrogen-bond donors (Lipinski definition) is 2. The predicted molar refractivity (Wildman–Crippen MR) is 103 cm³/mol. The van der Waals surface area contributed by atoms with E-state index in [9.17, 15) is 9.59 Å². The summed E-state index contributed by atoms with van der Waals surface area (Å²) in [4.78, 5) is 24.8. The highest BCUT2D eigenvalue weighted by molar-refractivity contribution is 6.35. The van der Waals surface area contributed by atoms with Gasteiger partial charge >= 0.3 is 0 Å². The summed E-state index contributed by atoms with van der Waals surface area (Å²) in [5.74, 6) is -0.632. The van der Waals surface area contributed by atoms with Crippen LogP contribution in [0.1, 0.15) is 12.0 Å². The molecule has 26 heavy (non-hydrogen) atoms. The van der Waals surface area contributed by atoms with Gasteiger partial charge in [-0.05, 0) is 49.2 Å². The van der Waals surface area contributed by atoms with Crippen molar-refractivity contribution >= 4 is 46.4 Å². The van der Waals surface area contributed by atoms with Crippen LogP contribution in [0.15, 0.2) is 36.4 Å². The van der Waals surface area contributed by atoms with Gasteiger partial charge in [-0.2, -0.15) is 0 Å². The predicted octanol–water partition coefficient (Wildman–Crippen LogP) is 4.52. The van der Waals surface area contributed by atoms with Crippen LogP contribution in [0.3, 0.4) is 0 Å². The summed E-state index contributed by atoms with van der Waals surface area (Å²) in [6.07, 6.45) is 0.490. The third-order valence-corrected chi connectivity index (χ3v) is 4.83. The molecule has 2 unspecified atom stereocenters. The maximum Gasteiger partial charge on any atom is 0.228 e. The van der Waals surface area contributed by atoms with Crippen LogP contribution >= 0.6 is 23.2 Å². The lowest BCUT2D eigenvalue weighted by atomic mass is 10.2. The van der Waals surface area contributed by atoms with Gasteiger partial charge in [0.15, 0.2) is 0 Å². The molecule has 0 heterocycles. The molecule has 2 aromatic rings. The molecule has 3 rings (SSSR count). The van der Waals surface area contributed by atoms with Gasteiger partial charge in [-0.1, -0.05) is 29.3 Å². The molecule has 136 valence electrons. The molecule has 1 saturated carbocycles. The van der Waals surface area contributed by atoms with Crippen LogP contribution in [0.4, 0.5) is 11.4 Å². The molecule has 0 bridgehead atoms. The van der Waals surface area contributed by atoms with Crippen molar-refractivity contribution in [2.75, 3.05) is 17.7 Å². The number of hydrogen-bond acceptors (Lipinski definition) is 3. The van der Waals surface area contributed by atoms with Crippen molar-refractivity contribution in [3.63, 3.8) is 0 Å². The summed E-state index contributed by atoms with van der Waals surface area (Å²) in [7, 11) is 1.54. The summed E-state index contributed by atoms with van der Waals surface area (Å²) in [6.45, 7) is 1.93. The number of halogens is 2. The molecule has 5 nitrogen and oxygen atoms in total. The van der Waals surface area contributed by atoms with Gasteiger partial charge in [-0.25, -0.2) is 0 Å². The van der Waals surface area contributed by atoms with E-state index in [0.29, 0.717) is 33.6 Å². The zero-order chi connectivity index (χ0) is 18.8. The molecule has 7 heteroatoms. The second-order valence-corrected chi connectivity index (χ2v) is 7.10. The van der Waals surface area contributed by atoms with Gasteiger partial charge < -0.3 is 15.4 Å². The lowest BCUT2D eigenvalue weighted by Gasteiger charge is -2.11. The largest absolute Gasteiger partial charge is 0.495 e. The zero-order valence-corrected chi connectivity index (χ0v) is 15.8. The lowest BCUT2D eigenvalue weighted by molar-refractivity contribution is -0.122. The highest BCUT2D eigenvalue weighted by Crippen LogP contribution is 2.41. The van der Waals surface area contributed by atoms with E-state index in [1.54, 1.807) is 31.4 Å². The van der Waals surface area contributed by atoms with Gasteiger partial charge in [0.2, 0.25) is 11.8 Å². The molecule has 2 aromatic carbocycles. The number of aryl methyl sites for hydroxylation is 1. The van der Waals surface area contributed by atoms with E-state index < -0.39 is 0 Å². The second kappa shape index (κ2) is 7.56. The number of rotatable bonds is 5. The minimum absolute atomic E-state index is 0.203. The quantitative estimate of drug-likeness (QED) is 0.785. The number of ether oxygens (including phenoxy) is 1. The Kier molecular flexibility index (Phi) is 5.39. The molecule has 1 fully saturated rings. The molecular weight excluding hydrogens is 375 g/mol. The van der Waals surface area contributed by atoms with Crippen molar-refractivity contribution in [1.29, 1.82) is 0 Å². The molecule has 1 aliphatic rings. The van der Waals surface area contributed by atoms with Crippen molar-refractivity contribution in [2.45, 2.75) is 13.3 Å². The Morgan fingerprint density at radius 3 is 2.31 bits per heavy atom. The van der Waals surface area contributed by atoms with Gasteiger partial charge in [0.05, 0.1) is 35.3 Å². The number of carbonyl (C=O) groups is 2. The van der Waals surface area contributed by atoms with Gasteiger partial charge in [-0.3, -0.25) is 9.59 Å². The highest BCUT2D eigenvalue weighted by Gasteiger charge is 2.48. The Labute approximate surface area is 161 Å². The molecule has 0 saturated heterocycles. The van der Waals surface area contributed by atoms with Crippen LogP contribution in [0.2, 0.25) is 10.0 Å². The second-order valence-electron chi connectivity index (χ2n) is 6.26. The fourth-order valence-electron chi connectivity index (χ4n) is 2.74. The average molecular weight is 393 g/mol. The first-order chi connectivity index (χ1) is 12.4. The van der Waals surface area contributed by atoms with Crippen molar-refractivity contribution in [1.82, 2.24) is 0 Å². The summed E-state index contributed by atoms with van der Waals surface area (Å²) in [5.41, 5.74) is 2.04. The number of amides is 2. The number of anilines is 2. The van der Waals surface area contributed by atoms with Crippen molar-refractivity contribution in [3.05, 3.63) is 52.0 Å². The fraction of sp³-hybridized carbons (Fsp3) is 0.263. The lowest BCUT2D eigenvalue weighted by Crippen LogP contribution is -2.21. The SMILES string of the molecule is COc1ccc(C)cc1NC(=O)C1CC1C(=O)Nc1cc(Cl)ccc1Cl. The Morgan fingerprint density at radius 1 is 1.00 bits per heavy atom. The van der Waals surface area contributed by atoms with Crippen LogP contribution in [0.5, 0.6) is 5.75 Å². The minimum atomic E-state index is -0.388. The number of nitrogens with one attached hydrogen (secondary N) is 2. The summed E-state index contributed by atoms with van der Waals surface area (Å²) in [5, 5.41) is 6.45. The van der Waals surface area contributed by atoms with Gasteiger partial charge in [0.25, 0.3) is 0 Å². The molecule has 0 aromatic heterocycles. The fourth-order valence-corrected chi connectivity index (χ4v) is 3.08. The maximum atomic E-state index is 12.4. The van der Waals surface area contributed by atoms with E-state index in [0.717, 1.165) is 5.56 Å². The van der Waals surface area contributed by atoms with Gasteiger partial charge in [0.1, 0.15) is 5.75 Å². The number of carbonyl (C=O) groups excluding carboxylic acids is 2. The van der Waals surface area contributed by atoms with Crippen LogP contribution in [0.25, 0.3) is 0 Å². The van der Waals surface area contributed by atoms with Crippen molar-refractivity contribution < 1.29 is 14.3 Å². The summed E-state index contributed by atoms with van der Waals surface area (Å²) < 4.78 is 5.26. The van der Waals surface area contributed by atoms with E-state index in [-0.39, 0.29) is 23.7 Å². The van der Waals surface area contributed by atoms with E-state index in [1.807, 2.05) is 19.1 Å². The molecule has 0 spiro atoms. The Bertz CT molecular complexity index is 870. The molecule has 1 aliphatic carbocycles. The van der Waals surface area contributed by atoms with Gasteiger partial charge in [0, 0.05) is 5.02 Å². The first-order valence-corrected chi connectivity index (χ1v) is 8.86. The normalized spacial score (nSPS) is 18.2. The maximum absolute atomic E-state index is 12.4. The van der Waals surface area contributed by atoms with Crippen LogP contribution in [0, 0.1) is 18.8 Å². The smallest absolute Gasteiger partial charge is 0.228 e. The molecule has 2 atom stereocenters. The number of benzene rings is 2. The highest BCUT2D eigenvalue weighted by atomic mass is 35.5. The van der Waals surface area contributed by atoms with Crippen molar-refractivity contribution in [2.24, 2.45) is 11.8 Å². The number of methoxy groups -OCH3 is 1. The third-order valence-electron chi connectivity index (χ3n) is 4.26. The Balaban J connectivity index is 1.63. The van der Waals surface area contributed by atoms with Crippen LogP contribution < -0.4 is 15.4 Å². The topological polar surface area (TPSA) is 67.4 Å². The summed E-state index contributed by atoms with van der Waals surface area (Å²) in [6, 6.07) is 10.4. The van der Waals surface area contributed by atoms with Gasteiger partial charge in [-0.15, -0.1) is 0 Å². The molecular formula is C19H18Cl2N2O3. The van der Waals surface area contributed by atoms with Crippen LogP contribution in [-0.2, 0) is 9.59 Å². The van der Waals surface area contributed by atoms with Crippen molar-refractivity contribution in [3.8, 4) is 5.75 Å². The Morgan fingerprint density at radius 2 is 1.65 bits per heavy atom. The molecule has 0 aliphatic heterocycles. The Hall–Kier alpha value is -2.24. The van der Waals surface area contributed by atoms with E-state index in [1.165, 1.54) is 0 Å². The first kappa shape index (κ1) is 18.5. The standard InChI is InChI=1S/C19H18Cl2N2O3/c1-10-3-6-17(26-2)16(7-10)23-19(25)13-9-12(13)18(24)22-15-8-11(20)4-5-14(15)21/h3-8,12-13H,9H2,1-2H3,(H,22,24)(H,23,25). The first-order valence-electron chi connectivity index (χ1n) is 8.10. The van der Waals surface area contributed by atoms with E-state index in [2.05, 4.69) is 10.6 Å². The third kappa shape index (κ3) is 4.11. The van der Waals surface area contributed by atoms with E-state index >= 15 is 0 Å². The molecule has 2 amide bonds. The molecule has 2 N–H and O–H groups in total. The summed E-state index contributed by atoms with van der Waals surface area (Å²) >= 11 is 12.0. The average Bonchev–Trinajstić information content (AvgIpc) is 3.39. The van der Waals surface area contributed by atoms with E-state index in [4.69, 9.17) is 27.9 Å². The monoisotopic (exact) mass is 392 g/mol. The minimum Gasteiger partial charge on any atom is -0.495 e. The molecule has 0 radical (unpaired) electrons. The zero-order valence-electron chi connectivity index (χ0n) is 14.3.